The fourth-order valence-electron chi connectivity index (χ4n) is 5.56. The van der Waals surface area contributed by atoms with Gasteiger partial charge in [-0.2, -0.15) is 0 Å². The maximum Gasteiger partial charge on any atom is 2.00 e. The first-order valence-electron chi connectivity index (χ1n) is 20.7. The molecule has 26 heteroatoms. The zero-order chi connectivity index (χ0) is 55.3. The molecule has 8 nitrogen and oxygen atoms in total. The van der Waals surface area contributed by atoms with Crippen LogP contribution in [-0.2, 0) is 34.7 Å². The summed E-state index contributed by atoms with van der Waals surface area (Å²) in [6.07, 6.45) is 3.84. The molecule has 0 bridgehead atoms. The van der Waals surface area contributed by atoms with Gasteiger partial charge in [0.1, 0.15) is 93.1 Å². The smallest absolute Gasteiger partial charge is 0.443 e. The Labute approximate surface area is 453 Å². The van der Waals surface area contributed by atoms with Crippen molar-refractivity contribution in [1.82, 2.24) is 0 Å². The number of rotatable bonds is 12. The molecule has 0 heterocycles. The summed E-state index contributed by atoms with van der Waals surface area (Å²) in [6, 6.07) is 21.7. The van der Waals surface area contributed by atoms with E-state index in [0.29, 0.717) is 48.5 Å². The van der Waals surface area contributed by atoms with E-state index in [1.807, 2.05) is 0 Å². The van der Waals surface area contributed by atoms with Crippen molar-refractivity contribution in [2.45, 2.75) is 0 Å². The molecule has 0 fully saturated rings. The number of benzene rings is 8. The molecule has 0 aliphatic carbocycles. The first-order valence-corrected chi connectivity index (χ1v) is 20.7. The molecule has 0 aliphatic heterocycles. The van der Waals surface area contributed by atoms with Crippen molar-refractivity contribution in [3.8, 4) is 0 Å². The topological polar surface area (TPSA) is 106 Å². The van der Waals surface area contributed by atoms with E-state index >= 15 is 0 Å². The second kappa shape index (κ2) is 31.6. The van der Waals surface area contributed by atoms with Crippen LogP contribution in [0.4, 0.5) is 116 Å². The second-order valence-electron chi connectivity index (χ2n) is 14.5. The number of nitrogens with zero attached hydrogens (tertiary/aromatic N) is 8. The SMILES string of the molecule is Fc1cc(F)cc(N=C[N-]c2cc(F)cc(F)c2)c1.Fc1cc(F)cc(N=C[N-]c2cc(F)cc(F)c2)c1.Fc1cc(F)cc(N=C[N-]c2cc(F)cc(F)c2)c1.Fc1cc(F)cc(N=C[N-]c2cc(F)cc(F)c2)c1.[Cr+2].[Cr+2]. The van der Waals surface area contributed by atoms with Crippen molar-refractivity contribution in [3.05, 3.63) is 260 Å². The Hall–Kier alpha value is -8.42. The number of halogens is 16. The third-order valence-corrected chi connectivity index (χ3v) is 8.43. The third-order valence-electron chi connectivity index (χ3n) is 8.43. The monoisotopic (exact) mass is 1170 g/mol. The molecule has 400 valence electrons. The summed E-state index contributed by atoms with van der Waals surface area (Å²) >= 11 is 0. The van der Waals surface area contributed by atoms with Gasteiger partial charge in [-0.15, -0.1) is 0 Å². The molecule has 0 radical (unpaired) electrons. The fraction of sp³-hybridized carbons (Fsp3) is 0. The minimum Gasteiger partial charge on any atom is -0.443 e. The van der Waals surface area contributed by atoms with Gasteiger partial charge >= 0.3 is 34.7 Å². The summed E-state index contributed by atoms with van der Waals surface area (Å²) in [7, 11) is 0. The van der Waals surface area contributed by atoms with Crippen molar-refractivity contribution in [2.24, 2.45) is 20.0 Å². The van der Waals surface area contributed by atoms with Crippen molar-refractivity contribution in [2.75, 3.05) is 0 Å². The van der Waals surface area contributed by atoms with Crippen molar-refractivity contribution in [1.29, 1.82) is 0 Å². The summed E-state index contributed by atoms with van der Waals surface area (Å²) < 4.78 is 205. The standard InChI is InChI=1S/4C13H7F4N2.2Cr/c4*14-8-1-9(15)4-12(3-8)18-7-19-13-5-10(16)2-11(17)6-13;;/h4*1-7H;;/q4*-1;2*+2. The predicted molar refractivity (Wildman–Crippen MR) is 256 cm³/mol. The first-order chi connectivity index (χ1) is 36.1. The van der Waals surface area contributed by atoms with E-state index in [9.17, 15) is 70.2 Å². The normalized spacial score (nSPS) is 10.7. The van der Waals surface area contributed by atoms with Crippen LogP contribution in [0.15, 0.2) is 166 Å². The Morgan fingerprint density at radius 1 is 0.192 bits per heavy atom. The molecule has 0 aliphatic rings. The third kappa shape index (κ3) is 24.1. The van der Waals surface area contributed by atoms with Crippen LogP contribution < -0.4 is 0 Å². The zero-order valence-corrected chi connectivity index (χ0v) is 41.2. The van der Waals surface area contributed by atoms with Crippen LogP contribution >= 0.6 is 0 Å². The molecule has 8 rings (SSSR count). The van der Waals surface area contributed by atoms with Crippen LogP contribution in [0.25, 0.3) is 21.3 Å². The largest absolute Gasteiger partial charge is 2.00 e. The number of hydrogen-bond donors (Lipinski definition) is 0. The molecular weight excluding hydrogens is 1140 g/mol. The van der Waals surface area contributed by atoms with Gasteiger partial charge in [-0.1, -0.05) is 25.4 Å². The van der Waals surface area contributed by atoms with E-state index in [-0.39, 0.29) is 80.2 Å². The van der Waals surface area contributed by atoms with Gasteiger partial charge in [-0.25, -0.2) is 70.2 Å². The number of hydrogen-bond acceptors (Lipinski definition) is 4. The van der Waals surface area contributed by atoms with Gasteiger partial charge in [0.05, 0.1) is 0 Å². The van der Waals surface area contributed by atoms with E-state index < -0.39 is 93.1 Å². The summed E-state index contributed by atoms with van der Waals surface area (Å²) in [5, 5.41) is 14.7. The van der Waals surface area contributed by atoms with Gasteiger partial charge in [0, 0.05) is 48.5 Å². The summed E-state index contributed by atoms with van der Waals surface area (Å²) in [4.78, 5) is 14.7. The molecule has 0 N–H and O–H groups in total. The fourth-order valence-corrected chi connectivity index (χ4v) is 5.56. The molecule has 8 aromatic rings. The summed E-state index contributed by atoms with van der Waals surface area (Å²) in [5.74, 6) is -12.4. The van der Waals surface area contributed by atoms with Gasteiger partial charge in [0.2, 0.25) is 0 Å². The van der Waals surface area contributed by atoms with Gasteiger partial charge in [-0.3, -0.25) is 0 Å². The van der Waals surface area contributed by atoms with Crippen molar-refractivity contribution >= 4 is 70.9 Å². The molecule has 78 heavy (non-hydrogen) atoms. The van der Waals surface area contributed by atoms with Gasteiger partial charge < -0.3 is 41.2 Å². The van der Waals surface area contributed by atoms with E-state index in [0.717, 1.165) is 122 Å². The quantitative estimate of drug-likeness (QED) is 0.0660. The van der Waals surface area contributed by atoms with E-state index in [4.69, 9.17) is 0 Å². The zero-order valence-electron chi connectivity index (χ0n) is 38.6. The molecule has 0 aromatic heterocycles. The Kier molecular flexibility index (Phi) is 25.9. The Balaban J connectivity index is 0.000000271. The van der Waals surface area contributed by atoms with Crippen molar-refractivity contribution in [3.63, 3.8) is 0 Å². The maximum absolute atomic E-state index is 12.8. The first kappa shape index (κ1) is 63.9. The van der Waals surface area contributed by atoms with E-state index in [2.05, 4.69) is 41.2 Å². The van der Waals surface area contributed by atoms with Crippen LogP contribution in [0, 0.1) is 93.1 Å². The van der Waals surface area contributed by atoms with Crippen LogP contribution in [0.3, 0.4) is 0 Å². The molecule has 0 spiro atoms. The van der Waals surface area contributed by atoms with Crippen molar-refractivity contribution < 1.29 is 105 Å². The molecule has 8 aromatic carbocycles. The molecule has 0 saturated heterocycles. The Morgan fingerprint density at radius 3 is 0.436 bits per heavy atom. The minimum atomic E-state index is -0.774. The van der Waals surface area contributed by atoms with E-state index in [1.165, 1.54) is 0 Å². The van der Waals surface area contributed by atoms with Gasteiger partial charge in [-0.05, 0) is 143 Å². The Bertz CT molecular complexity index is 2800. The minimum absolute atomic E-state index is 0. The van der Waals surface area contributed by atoms with Gasteiger partial charge in [0.15, 0.2) is 0 Å². The molecule has 0 unspecified atom stereocenters. The predicted octanol–water partition coefficient (Wildman–Crippen LogP) is 18.4. The van der Waals surface area contributed by atoms with Crippen LogP contribution in [0.1, 0.15) is 0 Å². The molecule has 0 saturated carbocycles. The second-order valence-corrected chi connectivity index (χ2v) is 14.5. The van der Waals surface area contributed by atoms with Crippen LogP contribution in [-0.4, -0.2) is 25.4 Å². The van der Waals surface area contributed by atoms with E-state index in [1.54, 1.807) is 0 Å². The summed E-state index contributed by atoms with van der Waals surface area (Å²) in [6.45, 7) is 0. The van der Waals surface area contributed by atoms with Crippen LogP contribution in [0.5, 0.6) is 0 Å². The average molecular weight is 1170 g/mol. The van der Waals surface area contributed by atoms with Crippen LogP contribution in [0.2, 0.25) is 0 Å². The van der Waals surface area contributed by atoms with Gasteiger partial charge in [0.25, 0.3) is 0 Å². The summed E-state index contributed by atoms with van der Waals surface area (Å²) in [5.41, 5.74) is 0.0972. The molecule has 0 atom stereocenters. The Morgan fingerprint density at radius 2 is 0.308 bits per heavy atom. The molecule has 0 amide bonds. The maximum atomic E-state index is 12.8. The number of aliphatic imine (C=N–C) groups is 4. The molecular formula is C52H28Cr2F16N8. The average Bonchev–Trinajstić information content (AvgIpc) is 3.27.